The van der Waals surface area contributed by atoms with Crippen LogP contribution in [-0.4, -0.2) is 79.5 Å². The second-order valence-electron chi connectivity index (χ2n) is 14.1. The molecule has 5 aromatic rings. The Bertz CT molecular complexity index is 2100. The van der Waals surface area contributed by atoms with Crippen LogP contribution in [0, 0.1) is 17.8 Å². The maximum atomic E-state index is 13.9. The fourth-order valence-corrected chi connectivity index (χ4v) is 8.45. The minimum Gasteiger partial charge on any atom is -0.494 e. The van der Waals surface area contributed by atoms with Crippen LogP contribution < -0.4 is 10.5 Å². The van der Waals surface area contributed by atoms with Crippen molar-refractivity contribution in [3.63, 3.8) is 0 Å². The number of amides is 2. The van der Waals surface area contributed by atoms with Gasteiger partial charge in [-0.1, -0.05) is 17.7 Å². The van der Waals surface area contributed by atoms with E-state index < -0.39 is 0 Å². The van der Waals surface area contributed by atoms with Crippen LogP contribution in [0.25, 0.3) is 33.6 Å². The van der Waals surface area contributed by atoms with E-state index in [-0.39, 0.29) is 29.8 Å². The van der Waals surface area contributed by atoms with Gasteiger partial charge in [0.15, 0.2) is 5.82 Å². The highest BCUT2D eigenvalue weighted by Crippen LogP contribution is 2.41. The molecule has 4 aliphatic rings. The molecule has 2 aromatic carbocycles. The average Bonchev–Trinajstić information content (AvgIpc) is 3.43. The third-order valence-corrected chi connectivity index (χ3v) is 11.2. The maximum absolute atomic E-state index is 13.9. The van der Waals surface area contributed by atoms with Crippen LogP contribution >= 0.6 is 11.6 Å². The number of pyridine rings is 1. The summed E-state index contributed by atoms with van der Waals surface area (Å²) in [6, 6.07) is 17.3. The zero-order chi connectivity index (χ0) is 32.7. The summed E-state index contributed by atoms with van der Waals surface area (Å²) >= 11 is 6.18. The van der Waals surface area contributed by atoms with E-state index in [9.17, 15) is 9.59 Å². The highest BCUT2D eigenvalue weighted by atomic mass is 35.5. The first-order chi connectivity index (χ1) is 23.4. The van der Waals surface area contributed by atoms with Crippen molar-refractivity contribution in [2.45, 2.75) is 50.9 Å². The monoisotopic (exact) mass is 663 g/mol. The third kappa shape index (κ3) is 4.87. The molecule has 0 radical (unpaired) electrons. The molecule has 2 saturated heterocycles. The van der Waals surface area contributed by atoms with Crippen molar-refractivity contribution in [2.24, 2.45) is 23.5 Å². The van der Waals surface area contributed by atoms with E-state index in [1.54, 1.807) is 31.4 Å². The number of carbonyl (C=O) groups is 2. The molecule has 3 atom stereocenters. The van der Waals surface area contributed by atoms with Gasteiger partial charge in [0.25, 0.3) is 11.8 Å². The predicted molar refractivity (Wildman–Crippen MR) is 184 cm³/mol. The lowest BCUT2D eigenvalue weighted by molar-refractivity contribution is 0.0471. The van der Waals surface area contributed by atoms with Gasteiger partial charge < -0.3 is 29.4 Å². The SMILES string of the molecule is COc1cc(C(=O)N2CC3CCC2[C@@H]3N)cc2nc(-c3cc4cccnc4n3CC3CC3)n(CC3CN(C(=O)c4cccc(Cl)c4)C3)c12. The van der Waals surface area contributed by atoms with Gasteiger partial charge in [-0.05, 0) is 86.1 Å². The number of rotatable bonds is 8. The summed E-state index contributed by atoms with van der Waals surface area (Å²) in [4.78, 5) is 41.0. The Balaban J connectivity index is 1.12. The molecule has 3 aromatic heterocycles. The number of piperidine rings is 1. The second kappa shape index (κ2) is 11.3. The van der Waals surface area contributed by atoms with Crippen molar-refractivity contribution >= 4 is 45.5 Å². The van der Waals surface area contributed by atoms with Gasteiger partial charge in [-0.2, -0.15) is 0 Å². The lowest BCUT2D eigenvalue weighted by Crippen LogP contribution is -2.51. The zero-order valence-electron chi connectivity index (χ0n) is 26.9. The van der Waals surface area contributed by atoms with Gasteiger partial charge in [0.1, 0.15) is 16.9 Å². The Labute approximate surface area is 283 Å². The molecule has 4 fully saturated rings. The summed E-state index contributed by atoms with van der Waals surface area (Å²) < 4.78 is 10.6. The Kier molecular flexibility index (Phi) is 7.02. The van der Waals surface area contributed by atoms with E-state index in [4.69, 9.17) is 32.0 Å². The third-order valence-electron chi connectivity index (χ3n) is 11.0. The van der Waals surface area contributed by atoms with Crippen LogP contribution in [0.4, 0.5) is 0 Å². The Morgan fingerprint density at radius 1 is 0.917 bits per heavy atom. The molecule has 10 nitrogen and oxygen atoms in total. The summed E-state index contributed by atoms with van der Waals surface area (Å²) in [5.41, 5.74) is 11.1. The number of benzene rings is 2. The van der Waals surface area contributed by atoms with Crippen molar-refractivity contribution < 1.29 is 14.3 Å². The largest absolute Gasteiger partial charge is 0.494 e. The van der Waals surface area contributed by atoms with Crippen LogP contribution in [0.5, 0.6) is 5.75 Å². The molecule has 48 heavy (non-hydrogen) atoms. The molecule has 0 spiro atoms. The van der Waals surface area contributed by atoms with Gasteiger partial charge in [-0.25, -0.2) is 9.97 Å². The van der Waals surface area contributed by atoms with Gasteiger partial charge in [0, 0.05) is 78.5 Å². The Hall–Kier alpha value is -4.41. The quantitative estimate of drug-likeness (QED) is 0.236. The number of likely N-dealkylation sites (tertiary alicyclic amines) is 2. The normalized spacial score (nSPS) is 22.2. The second-order valence-corrected chi connectivity index (χ2v) is 14.6. The fraction of sp³-hybridized carbons (Fsp3) is 0.405. The van der Waals surface area contributed by atoms with E-state index >= 15 is 0 Å². The minimum absolute atomic E-state index is 0.0174. The lowest BCUT2D eigenvalue weighted by atomic mass is 9.98. The van der Waals surface area contributed by atoms with Crippen LogP contribution in [-0.2, 0) is 13.1 Å². The van der Waals surface area contributed by atoms with Crippen molar-refractivity contribution in [3.8, 4) is 17.3 Å². The van der Waals surface area contributed by atoms with E-state index in [0.29, 0.717) is 65.4 Å². The first-order valence-electron chi connectivity index (χ1n) is 17.0. The number of ether oxygens (including phenoxy) is 1. The molecule has 2 unspecified atom stereocenters. The van der Waals surface area contributed by atoms with E-state index in [0.717, 1.165) is 47.5 Å². The number of carbonyl (C=O) groups excluding carboxylic acids is 2. The van der Waals surface area contributed by atoms with Gasteiger partial charge in [-0.3, -0.25) is 9.59 Å². The summed E-state index contributed by atoms with van der Waals surface area (Å²) in [5.74, 6) is 2.58. The highest BCUT2D eigenvalue weighted by Gasteiger charge is 2.47. The number of nitrogens with zero attached hydrogens (tertiary/aromatic N) is 6. The predicted octanol–water partition coefficient (Wildman–Crippen LogP) is 5.46. The number of hydrogen-bond acceptors (Lipinski definition) is 6. The fourth-order valence-electron chi connectivity index (χ4n) is 8.26. The molecule has 2 N–H and O–H groups in total. The number of methoxy groups -OCH3 is 1. The van der Waals surface area contributed by atoms with Gasteiger partial charge in [0.2, 0.25) is 0 Å². The highest BCUT2D eigenvalue weighted by molar-refractivity contribution is 6.31. The average molecular weight is 664 g/mol. The topological polar surface area (TPSA) is 112 Å². The first kappa shape index (κ1) is 29.7. The summed E-state index contributed by atoms with van der Waals surface area (Å²) in [5, 5.41) is 1.62. The molecular formula is C37H38ClN7O3. The molecule has 2 amide bonds. The number of imidazole rings is 1. The molecular weight excluding hydrogens is 626 g/mol. The van der Waals surface area contributed by atoms with Crippen LogP contribution in [0.2, 0.25) is 5.02 Å². The van der Waals surface area contributed by atoms with Gasteiger partial charge in [-0.15, -0.1) is 0 Å². The van der Waals surface area contributed by atoms with Crippen LogP contribution in [0.1, 0.15) is 46.4 Å². The molecule has 9 rings (SSSR count). The Morgan fingerprint density at radius 3 is 2.48 bits per heavy atom. The van der Waals surface area contributed by atoms with Crippen LogP contribution in [0.15, 0.2) is 60.8 Å². The molecule has 5 heterocycles. The molecule has 2 bridgehead atoms. The summed E-state index contributed by atoms with van der Waals surface area (Å²) in [6.07, 6.45) is 6.30. The van der Waals surface area contributed by atoms with Crippen molar-refractivity contribution in [3.05, 3.63) is 76.9 Å². The standard InChI is InChI=1S/C37H38ClN7O3/c1-48-31-15-26(37(47)44-20-25-9-10-29(44)32(25)39)13-28-33(31)45(19-22-16-42(17-22)36(46)24-4-2-6-27(38)12-24)35(41-28)30-14-23-5-3-11-40-34(23)43(30)18-21-7-8-21/h2-6,11-15,21-22,25,29,32H,7-10,16-20,39H2,1H3/t25?,29?,32-/m1/s1. The van der Waals surface area contributed by atoms with E-state index in [1.807, 2.05) is 34.2 Å². The number of fused-ring (bicyclic) bond motifs is 4. The van der Waals surface area contributed by atoms with Crippen molar-refractivity contribution in [2.75, 3.05) is 26.7 Å². The minimum atomic E-state index is -0.0184. The first-order valence-corrected chi connectivity index (χ1v) is 17.4. The van der Waals surface area contributed by atoms with Gasteiger partial charge >= 0.3 is 0 Å². The Morgan fingerprint density at radius 2 is 1.75 bits per heavy atom. The number of halogens is 1. The smallest absolute Gasteiger partial charge is 0.254 e. The van der Waals surface area contributed by atoms with E-state index in [1.165, 1.54) is 12.8 Å². The molecule has 2 aliphatic carbocycles. The van der Waals surface area contributed by atoms with E-state index in [2.05, 4.69) is 21.3 Å². The molecule has 2 aliphatic heterocycles. The lowest BCUT2D eigenvalue weighted by Gasteiger charge is -2.40. The van der Waals surface area contributed by atoms with Crippen LogP contribution in [0.3, 0.4) is 0 Å². The summed E-state index contributed by atoms with van der Waals surface area (Å²) in [6.45, 7) is 3.45. The summed E-state index contributed by atoms with van der Waals surface area (Å²) in [7, 11) is 1.65. The zero-order valence-corrected chi connectivity index (χ0v) is 27.6. The number of aromatic nitrogens is 4. The molecule has 11 heteroatoms. The number of hydrogen-bond donors (Lipinski definition) is 1. The molecule has 2 saturated carbocycles. The van der Waals surface area contributed by atoms with Crippen molar-refractivity contribution in [1.29, 1.82) is 0 Å². The maximum Gasteiger partial charge on any atom is 0.254 e. The molecule has 246 valence electrons. The van der Waals surface area contributed by atoms with Gasteiger partial charge in [0.05, 0.1) is 18.3 Å². The van der Waals surface area contributed by atoms with Crippen molar-refractivity contribution in [1.82, 2.24) is 28.9 Å². The number of nitrogens with two attached hydrogens (primary N) is 1.